The second-order valence-electron chi connectivity index (χ2n) is 6.50. The number of fused-ring (bicyclic) bond motifs is 1. The van der Waals surface area contributed by atoms with Crippen LogP contribution in [0.2, 0.25) is 0 Å². The molecule has 1 aromatic carbocycles. The molecule has 3 heterocycles. The Labute approximate surface area is 151 Å². The molecule has 0 aliphatic carbocycles. The van der Waals surface area contributed by atoms with E-state index in [4.69, 9.17) is 13.9 Å². The van der Waals surface area contributed by atoms with Gasteiger partial charge in [0.1, 0.15) is 0 Å². The van der Waals surface area contributed by atoms with E-state index in [0.29, 0.717) is 36.4 Å². The molecule has 0 bridgehead atoms. The van der Waals surface area contributed by atoms with Crippen molar-refractivity contribution in [1.82, 2.24) is 18.8 Å². The largest absolute Gasteiger partial charge is 0.454 e. The molecule has 4 rings (SSSR count). The van der Waals surface area contributed by atoms with Gasteiger partial charge in [-0.25, -0.2) is 0 Å². The lowest BCUT2D eigenvalue weighted by Crippen LogP contribution is -2.44. The maximum Gasteiger partial charge on any atom is 0.281 e. The van der Waals surface area contributed by atoms with Gasteiger partial charge in [-0.15, -0.1) is 10.2 Å². The maximum absolute atomic E-state index is 12.4. The second-order valence-corrected chi connectivity index (χ2v) is 8.64. The number of aromatic nitrogens is 2. The van der Waals surface area contributed by atoms with E-state index in [-0.39, 0.29) is 12.7 Å². The molecule has 26 heavy (non-hydrogen) atoms. The SMILES string of the molecule is CN(C)S(=O)(=O)N1CCC[C@@H](c2nnc(-c3ccc4c(c3)OCO4)o2)C1. The molecule has 1 saturated heterocycles. The van der Waals surface area contributed by atoms with Crippen LogP contribution in [-0.2, 0) is 10.2 Å². The van der Waals surface area contributed by atoms with Crippen molar-refractivity contribution in [3.8, 4) is 23.0 Å². The summed E-state index contributed by atoms with van der Waals surface area (Å²) >= 11 is 0. The van der Waals surface area contributed by atoms with Crippen molar-refractivity contribution in [2.45, 2.75) is 18.8 Å². The molecule has 2 aromatic rings. The molecule has 1 atom stereocenters. The predicted octanol–water partition coefficient (Wildman–Crippen LogP) is 1.45. The Morgan fingerprint density at radius 3 is 2.81 bits per heavy atom. The second kappa shape index (κ2) is 6.53. The first-order valence-corrected chi connectivity index (χ1v) is 9.76. The van der Waals surface area contributed by atoms with E-state index < -0.39 is 10.2 Å². The van der Waals surface area contributed by atoms with Crippen molar-refractivity contribution in [3.63, 3.8) is 0 Å². The Kier molecular flexibility index (Phi) is 4.33. The summed E-state index contributed by atoms with van der Waals surface area (Å²) < 4.78 is 43.9. The Morgan fingerprint density at radius 1 is 1.19 bits per heavy atom. The molecule has 0 amide bonds. The standard InChI is InChI=1S/C16H20N4O5S/c1-19(2)26(21,22)20-7-3-4-12(9-20)16-18-17-15(25-16)11-5-6-13-14(8-11)24-10-23-13/h5-6,8,12H,3-4,7,9-10H2,1-2H3/t12-/m1/s1. The van der Waals surface area contributed by atoms with Crippen LogP contribution in [0.3, 0.4) is 0 Å². The first kappa shape index (κ1) is 17.3. The molecule has 1 fully saturated rings. The van der Waals surface area contributed by atoms with Crippen molar-refractivity contribution in [1.29, 1.82) is 0 Å². The summed E-state index contributed by atoms with van der Waals surface area (Å²) in [6.07, 6.45) is 1.56. The van der Waals surface area contributed by atoms with E-state index in [2.05, 4.69) is 10.2 Å². The van der Waals surface area contributed by atoms with E-state index in [0.717, 1.165) is 18.4 Å². The smallest absolute Gasteiger partial charge is 0.281 e. The van der Waals surface area contributed by atoms with Crippen molar-refractivity contribution < 1.29 is 22.3 Å². The van der Waals surface area contributed by atoms with Gasteiger partial charge in [0.05, 0.1) is 5.92 Å². The van der Waals surface area contributed by atoms with Crippen LogP contribution in [0.1, 0.15) is 24.7 Å². The van der Waals surface area contributed by atoms with Crippen LogP contribution >= 0.6 is 0 Å². The molecule has 140 valence electrons. The monoisotopic (exact) mass is 380 g/mol. The van der Waals surface area contributed by atoms with E-state index in [9.17, 15) is 8.42 Å². The number of hydrogen-bond acceptors (Lipinski definition) is 7. The summed E-state index contributed by atoms with van der Waals surface area (Å²) in [4.78, 5) is 0. The first-order chi connectivity index (χ1) is 12.4. The van der Waals surface area contributed by atoms with Crippen LogP contribution in [0.5, 0.6) is 11.5 Å². The summed E-state index contributed by atoms with van der Waals surface area (Å²) in [5, 5.41) is 8.27. The number of hydrogen-bond donors (Lipinski definition) is 0. The van der Waals surface area contributed by atoms with E-state index in [1.165, 1.54) is 22.7 Å². The lowest BCUT2D eigenvalue weighted by atomic mass is 10.00. The number of nitrogens with zero attached hydrogens (tertiary/aromatic N) is 4. The number of piperidine rings is 1. The number of benzene rings is 1. The molecule has 9 nitrogen and oxygen atoms in total. The van der Waals surface area contributed by atoms with Gasteiger partial charge in [0.25, 0.3) is 10.2 Å². The number of ether oxygens (including phenoxy) is 2. The van der Waals surface area contributed by atoms with Gasteiger partial charge in [-0.05, 0) is 31.0 Å². The van der Waals surface area contributed by atoms with Crippen LogP contribution in [0.25, 0.3) is 11.5 Å². The van der Waals surface area contributed by atoms with Gasteiger partial charge in [-0.2, -0.15) is 17.0 Å². The number of rotatable bonds is 4. The quantitative estimate of drug-likeness (QED) is 0.792. The molecule has 0 unspecified atom stereocenters. The van der Waals surface area contributed by atoms with Crippen LogP contribution in [0.4, 0.5) is 0 Å². The fourth-order valence-electron chi connectivity index (χ4n) is 3.13. The summed E-state index contributed by atoms with van der Waals surface area (Å²) in [6, 6.07) is 5.42. The van der Waals surface area contributed by atoms with Gasteiger partial charge in [0, 0.05) is 32.7 Å². The van der Waals surface area contributed by atoms with E-state index in [1.807, 2.05) is 6.07 Å². The molecular weight excluding hydrogens is 360 g/mol. The highest BCUT2D eigenvalue weighted by Gasteiger charge is 2.33. The summed E-state index contributed by atoms with van der Waals surface area (Å²) in [6.45, 7) is 1.04. The van der Waals surface area contributed by atoms with Crippen molar-refractivity contribution in [3.05, 3.63) is 24.1 Å². The van der Waals surface area contributed by atoms with E-state index in [1.54, 1.807) is 12.1 Å². The third-order valence-electron chi connectivity index (χ3n) is 4.58. The van der Waals surface area contributed by atoms with Crippen LogP contribution in [-0.4, -0.2) is 61.2 Å². The fourth-order valence-corrected chi connectivity index (χ4v) is 4.32. The fraction of sp³-hybridized carbons (Fsp3) is 0.500. The lowest BCUT2D eigenvalue weighted by Gasteiger charge is -2.31. The minimum atomic E-state index is -3.45. The minimum absolute atomic E-state index is 0.117. The molecule has 0 radical (unpaired) electrons. The van der Waals surface area contributed by atoms with Gasteiger partial charge in [-0.1, -0.05) is 0 Å². The van der Waals surface area contributed by atoms with Gasteiger partial charge in [0.2, 0.25) is 18.6 Å². The zero-order valence-electron chi connectivity index (χ0n) is 14.6. The third-order valence-corrected chi connectivity index (χ3v) is 6.49. The highest BCUT2D eigenvalue weighted by Crippen LogP contribution is 2.36. The summed E-state index contributed by atoms with van der Waals surface area (Å²) in [5.41, 5.74) is 0.738. The average molecular weight is 380 g/mol. The van der Waals surface area contributed by atoms with Gasteiger partial charge in [-0.3, -0.25) is 0 Å². The normalized spacial score (nSPS) is 20.7. The van der Waals surface area contributed by atoms with Gasteiger partial charge >= 0.3 is 0 Å². The molecule has 2 aliphatic heterocycles. The highest BCUT2D eigenvalue weighted by molar-refractivity contribution is 7.86. The summed E-state index contributed by atoms with van der Waals surface area (Å²) in [7, 11) is -0.384. The lowest BCUT2D eigenvalue weighted by molar-refractivity contribution is 0.174. The van der Waals surface area contributed by atoms with Crippen molar-refractivity contribution in [2.24, 2.45) is 0 Å². The first-order valence-electron chi connectivity index (χ1n) is 8.36. The molecule has 1 aromatic heterocycles. The molecular formula is C16H20N4O5S. The minimum Gasteiger partial charge on any atom is -0.454 e. The molecule has 10 heteroatoms. The van der Waals surface area contributed by atoms with Crippen LogP contribution in [0.15, 0.2) is 22.6 Å². The Bertz CT molecular complexity index is 911. The van der Waals surface area contributed by atoms with E-state index >= 15 is 0 Å². The third kappa shape index (κ3) is 3.04. The average Bonchev–Trinajstić information content (AvgIpc) is 3.30. The topological polar surface area (TPSA) is 98.0 Å². The zero-order chi connectivity index (χ0) is 18.3. The van der Waals surface area contributed by atoms with Crippen molar-refractivity contribution >= 4 is 10.2 Å². The van der Waals surface area contributed by atoms with Gasteiger partial charge in [0.15, 0.2) is 11.5 Å². The Morgan fingerprint density at radius 2 is 2.00 bits per heavy atom. The molecule has 0 N–H and O–H groups in total. The maximum atomic E-state index is 12.4. The summed E-state index contributed by atoms with van der Waals surface area (Å²) in [5.74, 6) is 2.05. The molecule has 2 aliphatic rings. The molecule has 0 saturated carbocycles. The zero-order valence-corrected chi connectivity index (χ0v) is 15.4. The Hall–Kier alpha value is -2.17. The van der Waals surface area contributed by atoms with Crippen LogP contribution < -0.4 is 9.47 Å². The van der Waals surface area contributed by atoms with Crippen LogP contribution in [0, 0.1) is 0 Å². The molecule has 0 spiro atoms. The van der Waals surface area contributed by atoms with Crippen molar-refractivity contribution in [2.75, 3.05) is 34.0 Å². The predicted molar refractivity (Wildman–Crippen MR) is 92.0 cm³/mol. The highest BCUT2D eigenvalue weighted by atomic mass is 32.2. The van der Waals surface area contributed by atoms with Gasteiger partial charge < -0.3 is 13.9 Å². The Balaban J connectivity index is 1.54.